The molecule has 11 nitrogen and oxygen atoms in total. The highest BCUT2D eigenvalue weighted by atomic mass is 32.2. The van der Waals surface area contributed by atoms with E-state index in [1.165, 1.54) is 41.1 Å². The molecule has 1 N–H and O–H groups in total. The van der Waals surface area contributed by atoms with Gasteiger partial charge >= 0.3 is 0 Å². The van der Waals surface area contributed by atoms with Gasteiger partial charge in [-0.25, -0.2) is 22.8 Å². The highest BCUT2D eigenvalue weighted by Gasteiger charge is 2.26. The molecule has 1 fully saturated rings. The molecule has 186 valence electrons. The summed E-state index contributed by atoms with van der Waals surface area (Å²) in [5.74, 6) is -0.588. The van der Waals surface area contributed by atoms with E-state index in [-0.39, 0.29) is 28.9 Å². The molecule has 0 aliphatic carbocycles. The Balaban J connectivity index is 1.37. The summed E-state index contributed by atoms with van der Waals surface area (Å²) in [6, 6.07) is 11.4. The minimum absolute atomic E-state index is 0.0833. The van der Waals surface area contributed by atoms with Crippen LogP contribution in [0.5, 0.6) is 0 Å². The molecule has 1 aliphatic heterocycles. The number of sulfonamides is 1. The number of morpholine rings is 1. The standard InChI is InChI=1S/C24H24N6O5S/c1-16-3-6-19(13-17(16)2)30-22-21(14-26-30)24(32)29(15-25-22)27-23(31)18-4-7-20(8-5-18)36(33,34)28-9-11-35-12-10-28/h3-8,13-15H,9-12H2,1-2H3,(H,27,31). The van der Waals surface area contributed by atoms with Crippen molar-refractivity contribution in [2.45, 2.75) is 18.7 Å². The Morgan fingerprint density at radius 3 is 2.44 bits per heavy atom. The molecule has 2 aromatic heterocycles. The highest BCUT2D eigenvalue weighted by Crippen LogP contribution is 2.19. The summed E-state index contributed by atoms with van der Waals surface area (Å²) in [5.41, 5.74) is 5.55. The van der Waals surface area contributed by atoms with Gasteiger partial charge in [0.1, 0.15) is 11.7 Å². The van der Waals surface area contributed by atoms with E-state index in [0.717, 1.165) is 21.5 Å². The van der Waals surface area contributed by atoms with Crippen molar-refractivity contribution in [3.63, 3.8) is 0 Å². The molecule has 1 aliphatic rings. The van der Waals surface area contributed by atoms with Crippen LogP contribution in [0.2, 0.25) is 0 Å². The topological polar surface area (TPSA) is 128 Å². The number of benzene rings is 2. The van der Waals surface area contributed by atoms with Gasteiger partial charge in [0.25, 0.3) is 11.5 Å². The highest BCUT2D eigenvalue weighted by molar-refractivity contribution is 7.89. The molecule has 1 saturated heterocycles. The molecule has 5 rings (SSSR count). The summed E-state index contributed by atoms with van der Waals surface area (Å²) in [6.45, 7) is 5.25. The van der Waals surface area contributed by atoms with Gasteiger partial charge in [-0.2, -0.15) is 9.40 Å². The van der Waals surface area contributed by atoms with Crippen molar-refractivity contribution in [1.29, 1.82) is 0 Å². The van der Waals surface area contributed by atoms with Gasteiger partial charge in [0, 0.05) is 18.7 Å². The lowest BCUT2D eigenvalue weighted by Gasteiger charge is -2.26. The van der Waals surface area contributed by atoms with Crippen LogP contribution < -0.4 is 11.0 Å². The molecule has 0 spiro atoms. The molecule has 3 heterocycles. The third-order valence-corrected chi connectivity index (χ3v) is 8.08. The second-order valence-corrected chi connectivity index (χ2v) is 10.4. The maximum absolute atomic E-state index is 13.0. The maximum atomic E-state index is 13.0. The van der Waals surface area contributed by atoms with E-state index in [1.807, 2.05) is 32.0 Å². The van der Waals surface area contributed by atoms with Crippen LogP contribution in [0, 0.1) is 13.8 Å². The molecule has 0 saturated carbocycles. The normalized spacial score (nSPS) is 14.7. The summed E-state index contributed by atoms with van der Waals surface area (Å²) in [7, 11) is -3.67. The van der Waals surface area contributed by atoms with Gasteiger partial charge in [0.05, 0.1) is 30.0 Å². The second kappa shape index (κ2) is 9.30. The van der Waals surface area contributed by atoms with E-state index < -0.39 is 21.5 Å². The summed E-state index contributed by atoms with van der Waals surface area (Å²) in [6.07, 6.45) is 2.63. The van der Waals surface area contributed by atoms with Gasteiger partial charge < -0.3 is 4.74 Å². The van der Waals surface area contributed by atoms with Gasteiger partial charge in [0.15, 0.2) is 5.65 Å². The van der Waals surface area contributed by atoms with E-state index in [1.54, 1.807) is 4.68 Å². The first-order valence-electron chi connectivity index (χ1n) is 11.3. The predicted octanol–water partition coefficient (Wildman–Crippen LogP) is 1.60. The Morgan fingerprint density at radius 2 is 1.75 bits per heavy atom. The van der Waals surface area contributed by atoms with Crippen LogP contribution in [0.4, 0.5) is 0 Å². The molecular weight excluding hydrogens is 484 g/mol. The summed E-state index contributed by atoms with van der Waals surface area (Å²) in [5, 5.41) is 4.55. The Kier molecular flexibility index (Phi) is 6.16. The van der Waals surface area contributed by atoms with E-state index in [9.17, 15) is 18.0 Å². The van der Waals surface area contributed by atoms with Crippen LogP contribution in [-0.2, 0) is 14.8 Å². The van der Waals surface area contributed by atoms with Crippen molar-refractivity contribution < 1.29 is 17.9 Å². The van der Waals surface area contributed by atoms with Crippen LogP contribution in [0.3, 0.4) is 0 Å². The summed E-state index contributed by atoms with van der Waals surface area (Å²) >= 11 is 0. The summed E-state index contributed by atoms with van der Waals surface area (Å²) < 4.78 is 34.7. The first-order valence-corrected chi connectivity index (χ1v) is 12.7. The molecule has 12 heteroatoms. The zero-order valence-corrected chi connectivity index (χ0v) is 20.5. The number of hydrogen-bond donors (Lipinski definition) is 1. The first kappa shape index (κ1) is 23.9. The lowest BCUT2D eigenvalue weighted by atomic mass is 10.1. The molecule has 4 aromatic rings. The number of aryl methyl sites for hydroxylation is 2. The Bertz CT molecular complexity index is 1620. The van der Waals surface area contributed by atoms with Gasteiger partial charge in [-0.15, -0.1) is 0 Å². The van der Waals surface area contributed by atoms with Crippen molar-refractivity contribution >= 4 is 27.0 Å². The van der Waals surface area contributed by atoms with Crippen molar-refractivity contribution in [1.82, 2.24) is 23.7 Å². The number of ether oxygens (including phenoxy) is 1. The summed E-state index contributed by atoms with van der Waals surface area (Å²) in [4.78, 5) is 30.2. The van der Waals surface area contributed by atoms with Gasteiger partial charge in [-0.3, -0.25) is 15.0 Å². The van der Waals surface area contributed by atoms with Gasteiger partial charge in [0.2, 0.25) is 10.0 Å². The smallest absolute Gasteiger partial charge is 0.283 e. The predicted molar refractivity (Wildman–Crippen MR) is 132 cm³/mol. The number of hydrogen-bond acceptors (Lipinski definition) is 7. The third-order valence-electron chi connectivity index (χ3n) is 6.17. The van der Waals surface area contributed by atoms with Crippen LogP contribution in [0.25, 0.3) is 16.7 Å². The molecule has 2 aromatic carbocycles. The maximum Gasteiger partial charge on any atom is 0.283 e. The SMILES string of the molecule is Cc1ccc(-n2ncc3c(=O)n(NC(=O)c4ccc(S(=O)(=O)N5CCOCC5)cc4)cnc32)cc1C. The quantitative estimate of drug-likeness (QED) is 0.434. The molecule has 0 radical (unpaired) electrons. The van der Waals surface area contributed by atoms with Gasteiger partial charge in [-0.05, 0) is 61.4 Å². The van der Waals surface area contributed by atoms with Gasteiger partial charge in [-0.1, -0.05) is 6.07 Å². The Labute approximate surface area is 207 Å². The average molecular weight is 509 g/mol. The van der Waals surface area contributed by atoms with Crippen molar-refractivity contribution in [3.8, 4) is 5.69 Å². The van der Waals surface area contributed by atoms with Crippen molar-refractivity contribution in [3.05, 3.63) is 82.0 Å². The Hall–Kier alpha value is -3.87. The number of amides is 1. The molecule has 0 bridgehead atoms. The molecule has 0 atom stereocenters. The largest absolute Gasteiger partial charge is 0.379 e. The van der Waals surface area contributed by atoms with Crippen LogP contribution in [-0.4, -0.2) is 64.4 Å². The monoisotopic (exact) mass is 508 g/mol. The minimum Gasteiger partial charge on any atom is -0.379 e. The third kappa shape index (κ3) is 4.30. The minimum atomic E-state index is -3.67. The fourth-order valence-electron chi connectivity index (χ4n) is 3.93. The lowest BCUT2D eigenvalue weighted by Crippen LogP contribution is -2.40. The number of rotatable bonds is 5. The number of carbonyl (C=O) groups is 1. The van der Waals surface area contributed by atoms with Crippen molar-refractivity contribution in [2.24, 2.45) is 0 Å². The molecule has 1 amide bonds. The number of aromatic nitrogens is 4. The molecule has 36 heavy (non-hydrogen) atoms. The number of carbonyl (C=O) groups excluding carboxylic acids is 1. The first-order chi connectivity index (χ1) is 17.3. The zero-order chi connectivity index (χ0) is 25.4. The van der Waals surface area contributed by atoms with E-state index in [4.69, 9.17) is 4.74 Å². The number of fused-ring (bicyclic) bond motifs is 1. The second-order valence-electron chi connectivity index (χ2n) is 8.46. The fraction of sp³-hybridized carbons (Fsp3) is 0.250. The molecular formula is C24H24N6O5S. The van der Waals surface area contributed by atoms with Crippen molar-refractivity contribution in [2.75, 3.05) is 31.7 Å². The number of nitrogens with one attached hydrogen (secondary N) is 1. The molecule has 0 unspecified atom stereocenters. The average Bonchev–Trinajstić information content (AvgIpc) is 3.33. The van der Waals surface area contributed by atoms with Crippen LogP contribution in [0.15, 0.2) is 64.7 Å². The Morgan fingerprint density at radius 1 is 1.03 bits per heavy atom. The van der Waals surface area contributed by atoms with Crippen LogP contribution in [0.1, 0.15) is 21.5 Å². The number of nitrogens with zero attached hydrogens (tertiary/aromatic N) is 5. The van der Waals surface area contributed by atoms with Crippen LogP contribution >= 0.6 is 0 Å². The van der Waals surface area contributed by atoms with E-state index in [2.05, 4.69) is 15.5 Å². The van der Waals surface area contributed by atoms with E-state index in [0.29, 0.717) is 18.9 Å². The lowest BCUT2D eigenvalue weighted by molar-refractivity contribution is 0.0730. The van der Waals surface area contributed by atoms with E-state index >= 15 is 0 Å². The fourth-order valence-corrected chi connectivity index (χ4v) is 5.33. The zero-order valence-electron chi connectivity index (χ0n) is 19.7.